The lowest BCUT2D eigenvalue weighted by Crippen LogP contribution is -2.28. The topological polar surface area (TPSA) is 24.5 Å². The molecule has 1 N–H and O–H groups in total. The van der Waals surface area contributed by atoms with E-state index in [1.807, 2.05) is 18.2 Å². The monoisotopic (exact) mass is 300 g/mol. The lowest BCUT2D eigenvalue weighted by molar-refractivity contribution is 0.316. The third kappa shape index (κ3) is 4.56. The molecular formula is C13H21BrN2O. The molecule has 0 saturated heterocycles. The Hall–Kier alpha value is -0.740. The Bertz CT molecular complexity index is 340. The van der Waals surface area contributed by atoms with Crippen LogP contribution in [0.5, 0.6) is 5.75 Å². The van der Waals surface area contributed by atoms with Crippen LogP contribution in [0.2, 0.25) is 0 Å². The zero-order chi connectivity index (χ0) is 12.7. The molecule has 0 radical (unpaired) electrons. The summed E-state index contributed by atoms with van der Waals surface area (Å²) in [4.78, 5) is 2.39. The second-order valence-electron chi connectivity index (χ2n) is 3.80. The number of halogens is 1. The van der Waals surface area contributed by atoms with Crippen molar-refractivity contribution < 1.29 is 4.74 Å². The first-order chi connectivity index (χ1) is 8.21. The summed E-state index contributed by atoms with van der Waals surface area (Å²) in [7, 11) is 1.67. The Morgan fingerprint density at radius 1 is 1.29 bits per heavy atom. The number of benzene rings is 1. The molecule has 0 bridgehead atoms. The van der Waals surface area contributed by atoms with Crippen LogP contribution in [0.3, 0.4) is 0 Å². The number of hydrogen-bond donors (Lipinski definition) is 1. The summed E-state index contributed by atoms with van der Waals surface area (Å²) in [5.74, 6) is 0.860. The van der Waals surface area contributed by atoms with Gasteiger partial charge in [-0.15, -0.1) is 0 Å². The first-order valence-corrected chi connectivity index (χ1v) is 6.80. The molecule has 0 heterocycles. The number of rotatable bonds is 7. The maximum Gasteiger partial charge on any atom is 0.133 e. The number of likely N-dealkylation sites (N-methyl/N-ethyl adjacent to an activating group) is 1. The van der Waals surface area contributed by atoms with Crippen molar-refractivity contribution in [3.63, 3.8) is 0 Å². The fourth-order valence-electron chi connectivity index (χ4n) is 1.67. The molecule has 0 aliphatic rings. The van der Waals surface area contributed by atoms with Crippen molar-refractivity contribution in [1.29, 1.82) is 0 Å². The van der Waals surface area contributed by atoms with Gasteiger partial charge in [0.05, 0.1) is 11.6 Å². The minimum atomic E-state index is 0.860. The SMILES string of the molecule is CCN(CC)CCNc1ccc(OC)c(Br)c1. The van der Waals surface area contributed by atoms with Crippen molar-refractivity contribution in [3.8, 4) is 5.75 Å². The standard InChI is InChI=1S/C13H21BrN2O/c1-4-16(5-2)9-8-15-11-6-7-13(17-3)12(14)10-11/h6-7,10,15H,4-5,8-9H2,1-3H3. The van der Waals surface area contributed by atoms with Gasteiger partial charge in [-0.25, -0.2) is 0 Å². The number of nitrogens with one attached hydrogen (secondary N) is 1. The highest BCUT2D eigenvalue weighted by atomic mass is 79.9. The number of nitrogens with zero attached hydrogens (tertiary/aromatic N) is 1. The van der Waals surface area contributed by atoms with Gasteiger partial charge >= 0.3 is 0 Å². The highest BCUT2D eigenvalue weighted by molar-refractivity contribution is 9.10. The highest BCUT2D eigenvalue weighted by Crippen LogP contribution is 2.27. The molecule has 1 aromatic carbocycles. The average Bonchev–Trinajstić information content (AvgIpc) is 2.35. The lowest BCUT2D eigenvalue weighted by atomic mass is 10.3. The number of hydrogen-bond acceptors (Lipinski definition) is 3. The molecule has 3 nitrogen and oxygen atoms in total. The molecule has 4 heteroatoms. The largest absolute Gasteiger partial charge is 0.496 e. The highest BCUT2D eigenvalue weighted by Gasteiger charge is 2.02. The molecular weight excluding hydrogens is 280 g/mol. The van der Waals surface area contributed by atoms with Crippen LogP contribution in [-0.4, -0.2) is 38.2 Å². The predicted molar refractivity (Wildman–Crippen MR) is 77.0 cm³/mol. The molecule has 0 atom stereocenters. The minimum Gasteiger partial charge on any atom is -0.496 e. The van der Waals surface area contributed by atoms with Crippen LogP contribution in [0, 0.1) is 0 Å². The third-order valence-corrected chi connectivity index (χ3v) is 3.42. The van der Waals surface area contributed by atoms with Gasteiger partial charge in [-0.3, -0.25) is 0 Å². The second-order valence-corrected chi connectivity index (χ2v) is 4.66. The summed E-state index contributed by atoms with van der Waals surface area (Å²) >= 11 is 3.48. The van der Waals surface area contributed by atoms with Crippen LogP contribution in [0.25, 0.3) is 0 Å². The van der Waals surface area contributed by atoms with Gasteiger partial charge in [-0.2, -0.15) is 0 Å². The van der Waals surface area contributed by atoms with Gasteiger partial charge in [0.2, 0.25) is 0 Å². The van der Waals surface area contributed by atoms with E-state index >= 15 is 0 Å². The van der Waals surface area contributed by atoms with Gasteiger partial charge in [0.15, 0.2) is 0 Å². The Morgan fingerprint density at radius 3 is 2.53 bits per heavy atom. The van der Waals surface area contributed by atoms with Crippen molar-refractivity contribution in [3.05, 3.63) is 22.7 Å². The van der Waals surface area contributed by atoms with E-state index in [0.717, 1.165) is 42.1 Å². The van der Waals surface area contributed by atoms with Gasteiger partial charge in [-0.05, 0) is 47.2 Å². The number of ether oxygens (including phenoxy) is 1. The normalized spacial score (nSPS) is 10.6. The average molecular weight is 301 g/mol. The summed E-state index contributed by atoms with van der Waals surface area (Å²) in [5.41, 5.74) is 1.12. The Labute approximate surface area is 112 Å². The maximum atomic E-state index is 5.19. The Kier molecular flexibility index (Phi) is 6.37. The van der Waals surface area contributed by atoms with Crippen LogP contribution < -0.4 is 10.1 Å². The molecule has 0 fully saturated rings. The van der Waals surface area contributed by atoms with E-state index in [2.05, 4.69) is 40.0 Å². The minimum absolute atomic E-state index is 0.860. The van der Waals surface area contributed by atoms with Crippen LogP contribution in [0.1, 0.15) is 13.8 Å². The van der Waals surface area contributed by atoms with E-state index in [4.69, 9.17) is 4.74 Å². The summed E-state index contributed by atoms with van der Waals surface area (Å²) in [6, 6.07) is 6.04. The van der Waals surface area contributed by atoms with E-state index in [1.54, 1.807) is 7.11 Å². The van der Waals surface area contributed by atoms with E-state index in [1.165, 1.54) is 0 Å². The summed E-state index contributed by atoms with van der Waals surface area (Å²) < 4.78 is 6.17. The van der Waals surface area contributed by atoms with Gasteiger partial charge in [0.25, 0.3) is 0 Å². The molecule has 17 heavy (non-hydrogen) atoms. The van der Waals surface area contributed by atoms with Crippen LogP contribution in [0.15, 0.2) is 22.7 Å². The van der Waals surface area contributed by atoms with Gasteiger partial charge in [0, 0.05) is 18.8 Å². The molecule has 0 amide bonds. The van der Waals surface area contributed by atoms with Crippen LogP contribution >= 0.6 is 15.9 Å². The van der Waals surface area contributed by atoms with Crippen LogP contribution in [-0.2, 0) is 0 Å². The molecule has 0 aliphatic heterocycles. The van der Waals surface area contributed by atoms with Crippen molar-refractivity contribution in [1.82, 2.24) is 4.90 Å². The lowest BCUT2D eigenvalue weighted by Gasteiger charge is -2.18. The smallest absolute Gasteiger partial charge is 0.133 e. The molecule has 96 valence electrons. The first-order valence-electron chi connectivity index (χ1n) is 6.01. The van der Waals surface area contributed by atoms with Crippen LogP contribution in [0.4, 0.5) is 5.69 Å². The van der Waals surface area contributed by atoms with E-state index in [9.17, 15) is 0 Å². The fourth-order valence-corrected chi connectivity index (χ4v) is 2.22. The molecule has 0 aromatic heterocycles. The van der Waals surface area contributed by atoms with Crippen molar-refractivity contribution in [2.75, 3.05) is 38.6 Å². The molecule has 1 aromatic rings. The molecule has 1 rings (SSSR count). The van der Waals surface area contributed by atoms with Crippen molar-refractivity contribution in [2.45, 2.75) is 13.8 Å². The number of methoxy groups -OCH3 is 1. The van der Waals surface area contributed by atoms with Gasteiger partial charge in [0.1, 0.15) is 5.75 Å². The fraction of sp³-hybridized carbons (Fsp3) is 0.538. The van der Waals surface area contributed by atoms with Gasteiger partial charge < -0.3 is 15.0 Å². The van der Waals surface area contributed by atoms with E-state index < -0.39 is 0 Å². The summed E-state index contributed by atoms with van der Waals surface area (Å²) in [6.07, 6.45) is 0. The van der Waals surface area contributed by atoms with Gasteiger partial charge in [-0.1, -0.05) is 13.8 Å². The summed E-state index contributed by atoms with van der Waals surface area (Å²) in [5, 5.41) is 3.41. The molecule has 0 saturated carbocycles. The quantitative estimate of drug-likeness (QED) is 0.837. The molecule has 0 unspecified atom stereocenters. The third-order valence-electron chi connectivity index (χ3n) is 2.80. The Morgan fingerprint density at radius 2 is 2.00 bits per heavy atom. The predicted octanol–water partition coefficient (Wildman–Crippen LogP) is 3.21. The zero-order valence-corrected chi connectivity index (χ0v) is 12.4. The second kappa shape index (κ2) is 7.56. The van der Waals surface area contributed by atoms with E-state index in [-0.39, 0.29) is 0 Å². The summed E-state index contributed by atoms with van der Waals surface area (Å²) in [6.45, 7) is 8.60. The molecule has 0 spiro atoms. The number of anilines is 1. The van der Waals surface area contributed by atoms with Crippen molar-refractivity contribution >= 4 is 21.6 Å². The van der Waals surface area contributed by atoms with E-state index in [0.29, 0.717) is 0 Å². The van der Waals surface area contributed by atoms with Crippen molar-refractivity contribution in [2.24, 2.45) is 0 Å². The molecule has 0 aliphatic carbocycles. The Balaban J connectivity index is 2.44. The zero-order valence-electron chi connectivity index (χ0n) is 10.8. The first kappa shape index (κ1) is 14.3. The maximum absolute atomic E-state index is 5.19.